The molecule has 1 heterocycles. The van der Waals surface area contributed by atoms with Gasteiger partial charge in [0.25, 0.3) is 0 Å². The van der Waals surface area contributed by atoms with Crippen molar-refractivity contribution in [3.63, 3.8) is 0 Å². The number of hydrogen-bond donors (Lipinski definition) is 0. The first kappa shape index (κ1) is 16.5. The molecule has 0 fully saturated rings. The summed E-state index contributed by atoms with van der Waals surface area (Å²) in [6.45, 7) is 0. The van der Waals surface area contributed by atoms with Gasteiger partial charge in [-0.25, -0.2) is 0 Å². The lowest BCUT2D eigenvalue weighted by Crippen LogP contribution is -2.05. The highest BCUT2D eigenvalue weighted by Gasteiger charge is 2.12. The summed E-state index contributed by atoms with van der Waals surface area (Å²) in [5, 5.41) is 9.26. The van der Waals surface area contributed by atoms with Gasteiger partial charge < -0.3 is 4.57 Å². The number of rotatable bonds is 7. The Morgan fingerprint density at radius 3 is 2.33 bits per heavy atom. The Morgan fingerprint density at radius 1 is 0.958 bits per heavy atom. The molecule has 0 atom stereocenters. The molecule has 0 N–H and O–H groups in total. The largest absolute Gasteiger partial charge is 0.309 e. The van der Waals surface area contributed by atoms with Gasteiger partial charge in [-0.2, -0.15) is 0 Å². The topological polar surface area (TPSA) is 47.8 Å². The monoisotopic (exact) mass is 337 g/mol. The van der Waals surface area contributed by atoms with E-state index in [9.17, 15) is 4.79 Å². The minimum absolute atomic E-state index is 0.106. The van der Waals surface area contributed by atoms with Crippen molar-refractivity contribution in [3.05, 3.63) is 77.6 Å². The lowest BCUT2D eigenvalue weighted by Gasteiger charge is -2.04. The van der Waals surface area contributed by atoms with Crippen LogP contribution in [0.1, 0.15) is 21.7 Å². The van der Waals surface area contributed by atoms with Crippen LogP contribution in [0.15, 0.2) is 65.8 Å². The summed E-state index contributed by atoms with van der Waals surface area (Å²) in [6, 6.07) is 19.7. The molecular formula is C19H19N3OS. The van der Waals surface area contributed by atoms with Gasteiger partial charge in [0.15, 0.2) is 10.9 Å². The second-order valence-corrected chi connectivity index (χ2v) is 6.46. The standard InChI is InChI=1S/C19H19N3OS/c1-22-18(13-12-15-8-4-2-5-9-15)20-21-19(22)24-14-17(23)16-10-6-3-7-11-16/h2-11H,12-14H2,1H3. The Morgan fingerprint density at radius 2 is 1.62 bits per heavy atom. The lowest BCUT2D eigenvalue weighted by molar-refractivity contribution is 0.102. The van der Waals surface area contributed by atoms with E-state index in [1.807, 2.05) is 60.1 Å². The highest BCUT2D eigenvalue weighted by Crippen LogP contribution is 2.18. The summed E-state index contributed by atoms with van der Waals surface area (Å²) in [5.41, 5.74) is 2.02. The molecule has 1 aromatic heterocycles. The van der Waals surface area contributed by atoms with Crippen LogP contribution in [-0.4, -0.2) is 26.3 Å². The third kappa shape index (κ3) is 4.11. The van der Waals surface area contributed by atoms with Gasteiger partial charge in [0.05, 0.1) is 5.75 Å². The van der Waals surface area contributed by atoms with Crippen LogP contribution in [-0.2, 0) is 19.9 Å². The molecule has 5 heteroatoms. The van der Waals surface area contributed by atoms with Crippen LogP contribution in [0.4, 0.5) is 0 Å². The first-order valence-corrected chi connectivity index (χ1v) is 8.86. The van der Waals surface area contributed by atoms with E-state index in [1.54, 1.807) is 0 Å². The van der Waals surface area contributed by atoms with Crippen molar-refractivity contribution in [2.24, 2.45) is 7.05 Å². The van der Waals surface area contributed by atoms with Crippen molar-refractivity contribution in [1.82, 2.24) is 14.8 Å². The molecule has 3 aromatic rings. The van der Waals surface area contributed by atoms with E-state index >= 15 is 0 Å². The number of carbonyl (C=O) groups is 1. The number of Topliss-reactive ketones (excluding diaryl/α,β-unsaturated/α-hetero) is 1. The van der Waals surface area contributed by atoms with Gasteiger partial charge in [0, 0.05) is 19.0 Å². The van der Waals surface area contributed by atoms with Gasteiger partial charge in [-0.05, 0) is 12.0 Å². The Bertz CT molecular complexity index is 800. The summed E-state index contributed by atoms with van der Waals surface area (Å²) >= 11 is 1.43. The highest BCUT2D eigenvalue weighted by molar-refractivity contribution is 7.99. The number of hydrogen-bond acceptors (Lipinski definition) is 4. The van der Waals surface area contributed by atoms with Crippen LogP contribution in [0.3, 0.4) is 0 Å². The van der Waals surface area contributed by atoms with Crippen molar-refractivity contribution in [2.75, 3.05) is 5.75 Å². The maximum Gasteiger partial charge on any atom is 0.191 e. The van der Waals surface area contributed by atoms with Crippen LogP contribution in [0.2, 0.25) is 0 Å². The van der Waals surface area contributed by atoms with Gasteiger partial charge in [-0.1, -0.05) is 72.4 Å². The number of nitrogens with zero attached hydrogens (tertiary/aromatic N) is 3. The number of ketones is 1. The predicted octanol–water partition coefficient (Wildman–Crippen LogP) is 3.58. The maximum atomic E-state index is 12.2. The predicted molar refractivity (Wildman–Crippen MR) is 96.3 cm³/mol. The molecule has 0 aliphatic carbocycles. The van der Waals surface area contributed by atoms with Gasteiger partial charge in [0.2, 0.25) is 0 Å². The van der Waals surface area contributed by atoms with E-state index in [2.05, 4.69) is 22.3 Å². The molecule has 0 bridgehead atoms. The van der Waals surface area contributed by atoms with Gasteiger partial charge in [-0.15, -0.1) is 10.2 Å². The second kappa shape index (κ2) is 7.93. The van der Waals surface area contributed by atoms with E-state index < -0.39 is 0 Å². The first-order valence-electron chi connectivity index (χ1n) is 7.87. The number of aryl methyl sites for hydroxylation is 2. The Kier molecular flexibility index (Phi) is 5.43. The van der Waals surface area contributed by atoms with Crippen molar-refractivity contribution >= 4 is 17.5 Å². The molecule has 0 radical (unpaired) electrons. The fraction of sp³-hybridized carbons (Fsp3) is 0.211. The van der Waals surface area contributed by atoms with Crippen LogP contribution in [0.5, 0.6) is 0 Å². The average molecular weight is 337 g/mol. The zero-order valence-corrected chi connectivity index (χ0v) is 14.4. The van der Waals surface area contributed by atoms with E-state index in [0.29, 0.717) is 5.75 Å². The summed E-state index contributed by atoms with van der Waals surface area (Å²) in [6.07, 6.45) is 1.77. The Hall–Kier alpha value is -2.40. The molecule has 0 saturated heterocycles. The van der Waals surface area contributed by atoms with E-state index in [1.165, 1.54) is 17.3 Å². The van der Waals surface area contributed by atoms with Crippen LogP contribution >= 0.6 is 11.8 Å². The summed E-state index contributed by atoms with van der Waals surface area (Å²) < 4.78 is 1.98. The van der Waals surface area contributed by atoms with E-state index in [-0.39, 0.29) is 5.78 Å². The lowest BCUT2D eigenvalue weighted by atomic mass is 10.1. The fourth-order valence-electron chi connectivity index (χ4n) is 2.43. The molecule has 0 aliphatic heterocycles. The molecule has 24 heavy (non-hydrogen) atoms. The Balaban J connectivity index is 1.58. The molecule has 3 rings (SSSR count). The molecule has 0 saturated carbocycles. The van der Waals surface area contributed by atoms with E-state index in [0.717, 1.165) is 29.4 Å². The van der Waals surface area contributed by atoms with Crippen molar-refractivity contribution in [3.8, 4) is 0 Å². The van der Waals surface area contributed by atoms with Crippen LogP contribution in [0.25, 0.3) is 0 Å². The molecule has 0 spiro atoms. The van der Waals surface area contributed by atoms with Gasteiger partial charge >= 0.3 is 0 Å². The number of thioether (sulfide) groups is 1. The van der Waals surface area contributed by atoms with E-state index in [4.69, 9.17) is 0 Å². The zero-order chi connectivity index (χ0) is 16.8. The minimum Gasteiger partial charge on any atom is -0.309 e. The third-order valence-corrected chi connectivity index (χ3v) is 4.85. The molecule has 0 amide bonds. The zero-order valence-electron chi connectivity index (χ0n) is 13.6. The van der Waals surface area contributed by atoms with Crippen molar-refractivity contribution in [1.29, 1.82) is 0 Å². The molecule has 0 unspecified atom stereocenters. The van der Waals surface area contributed by atoms with Crippen molar-refractivity contribution < 1.29 is 4.79 Å². The smallest absolute Gasteiger partial charge is 0.191 e. The molecular weight excluding hydrogens is 318 g/mol. The van der Waals surface area contributed by atoms with Gasteiger partial charge in [-0.3, -0.25) is 4.79 Å². The molecule has 4 nitrogen and oxygen atoms in total. The molecule has 2 aromatic carbocycles. The molecule has 0 aliphatic rings. The van der Waals surface area contributed by atoms with Gasteiger partial charge in [0.1, 0.15) is 5.82 Å². The number of aromatic nitrogens is 3. The quantitative estimate of drug-likeness (QED) is 0.488. The van der Waals surface area contributed by atoms with Crippen LogP contribution < -0.4 is 0 Å². The maximum absolute atomic E-state index is 12.2. The average Bonchev–Trinajstić information content (AvgIpc) is 2.99. The summed E-state index contributed by atoms with van der Waals surface area (Å²) in [7, 11) is 1.95. The SMILES string of the molecule is Cn1c(CCc2ccccc2)nnc1SCC(=O)c1ccccc1. The number of benzene rings is 2. The summed E-state index contributed by atoms with van der Waals surface area (Å²) in [4.78, 5) is 12.2. The normalized spacial score (nSPS) is 10.7. The van der Waals surface area contributed by atoms with Crippen molar-refractivity contribution in [2.45, 2.75) is 18.0 Å². The second-order valence-electron chi connectivity index (χ2n) is 5.52. The Labute approximate surface area is 145 Å². The minimum atomic E-state index is 0.106. The van der Waals surface area contributed by atoms with Crippen LogP contribution in [0, 0.1) is 0 Å². The summed E-state index contributed by atoms with van der Waals surface area (Å²) in [5.74, 6) is 1.41. The number of carbonyl (C=O) groups excluding carboxylic acids is 1. The molecule has 122 valence electrons. The highest BCUT2D eigenvalue weighted by atomic mass is 32.2. The fourth-order valence-corrected chi connectivity index (χ4v) is 3.25. The third-order valence-electron chi connectivity index (χ3n) is 3.83. The first-order chi connectivity index (χ1) is 11.7.